The molecule has 2 atom stereocenters. The van der Waals surface area contributed by atoms with E-state index in [1.54, 1.807) is 18.2 Å². The second-order valence-electron chi connectivity index (χ2n) is 10.1. The molecule has 11 nitrogen and oxygen atoms in total. The highest BCUT2D eigenvalue weighted by Crippen LogP contribution is 2.39. The third kappa shape index (κ3) is 5.71. The number of carbonyl (C=O) groups excluding carboxylic acids is 5. The van der Waals surface area contributed by atoms with E-state index in [1.165, 1.54) is 53.4 Å². The van der Waals surface area contributed by atoms with Crippen LogP contribution in [0.2, 0.25) is 0 Å². The number of benzene rings is 3. The second kappa shape index (κ2) is 11.6. The van der Waals surface area contributed by atoms with Crippen molar-refractivity contribution >= 4 is 46.5 Å². The summed E-state index contributed by atoms with van der Waals surface area (Å²) in [6.07, 6.45) is 3.10. The van der Waals surface area contributed by atoms with Gasteiger partial charge in [-0.05, 0) is 62.2 Å². The fourth-order valence-corrected chi connectivity index (χ4v) is 5.07. The summed E-state index contributed by atoms with van der Waals surface area (Å²) in [5, 5.41) is 13.6. The Balaban J connectivity index is 1.20. The van der Waals surface area contributed by atoms with Crippen molar-refractivity contribution in [3.8, 4) is 0 Å². The van der Waals surface area contributed by atoms with Crippen LogP contribution in [0.25, 0.3) is 0 Å². The number of nitro groups is 1. The maximum atomic E-state index is 13.0. The topological polar surface area (TPSA) is 153 Å². The van der Waals surface area contributed by atoms with Crippen molar-refractivity contribution in [2.24, 2.45) is 11.8 Å². The fraction of sp³-hybridized carbons (Fsp3) is 0.194. The van der Waals surface area contributed by atoms with Gasteiger partial charge in [0.05, 0.1) is 28.0 Å². The molecule has 0 spiro atoms. The predicted molar refractivity (Wildman–Crippen MR) is 151 cm³/mol. The minimum Gasteiger partial charge on any atom is -0.454 e. The second-order valence-corrected chi connectivity index (χ2v) is 10.1. The molecule has 1 N–H and O–H groups in total. The van der Waals surface area contributed by atoms with Crippen molar-refractivity contribution < 1.29 is 33.6 Å². The first-order valence-corrected chi connectivity index (χ1v) is 13.1. The summed E-state index contributed by atoms with van der Waals surface area (Å²) in [7, 11) is 0. The highest BCUT2D eigenvalue weighted by Gasteiger charge is 2.48. The Morgan fingerprint density at radius 1 is 0.929 bits per heavy atom. The number of imide groups is 1. The fourth-order valence-electron chi connectivity index (χ4n) is 5.07. The molecule has 0 radical (unpaired) electrons. The lowest BCUT2D eigenvalue weighted by Gasteiger charge is -2.18. The molecule has 42 heavy (non-hydrogen) atoms. The third-order valence-electron chi connectivity index (χ3n) is 7.28. The van der Waals surface area contributed by atoms with Crippen molar-refractivity contribution in [1.82, 2.24) is 0 Å². The highest BCUT2D eigenvalue weighted by atomic mass is 16.6. The summed E-state index contributed by atoms with van der Waals surface area (Å²) >= 11 is 0. The maximum absolute atomic E-state index is 13.0. The number of non-ortho nitro benzene ring substituents is 1. The summed E-state index contributed by atoms with van der Waals surface area (Å²) < 4.78 is 5.08. The van der Waals surface area contributed by atoms with Crippen LogP contribution < -0.4 is 10.2 Å². The molecule has 0 bridgehead atoms. The number of Topliss-reactive ketones (excluding diaryl/α,β-unsaturated/α-hetero) is 1. The van der Waals surface area contributed by atoms with Crippen molar-refractivity contribution in [1.29, 1.82) is 0 Å². The van der Waals surface area contributed by atoms with Gasteiger partial charge in [-0.15, -0.1) is 0 Å². The number of esters is 1. The molecule has 2 aliphatic rings. The lowest BCUT2D eigenvalue weighted by Crippen LogP contribution is -2.30. The smallest absolute Gasteiger partial charge is 0.338 e. The molecule has 3 amide bonds. The first kappa shape index (κ1) is 28.1. The van der Waals surface area contributed by atoms with E-state index in [0.717, 1.165) is 11.6 Å². The number of nitrogens with one attached hydrogen (secondary N) is 1. The number of rotatable bonds is 8. The number of hydrogen-bond acceptors (Lipinski definition) is 8. The normalized spacial score (nSPS) is 17.7. The number of nitrogens with zero attached hydrogens (tertiary/aromatic N) is 2. The van der Waals surface area contributed by atoms with E-state index >= 15 is 0 Å². The molecule has 212 valence electrons. The Labute approximate surface area is 239 Å². The number of amides is 3. The number of ether oxygens (including phenoxy) is 1. The quantitative estimate of drug-likeness (QED) is 0.102. The zero-order chi connectivity index (χ0) is 30.0. The summed E-state index contributed by atoms with van der Waals surface area (Å²) in [4.78, 5) is 75.1. The van der Waals surface area contributed by atoms with Crippen molar-refractivity contribution in [2.45, 2.75) is 19.8 Å². The molecule has 3 aromatic carbocycles. The van der Waals surface area contributed by atoms with Crippen LogP contribution in [0.4, 0.5) is 17.1 Å². The lowest BCUT2D eigenvalue weighted by atomic mass is 9.82. The van der Waals surface area contributed by atoms with E-state index < -0.39 is 29.2 Å². The van der Waals surface area contributed by atoms with E-state index in [-0.39, 0.29) is 46.0 Å². The molecule has 3 aromatic rings. The number of nitro benzene ring substituents is 1. The molecule has 1 fully saturated rings. The van der Waals surface area contributed by atoms with Gasteiger partial charge in [-0.3, -0.25) is 34.2 Å². The maximum Gasteiger partial charge on any atom is 0.338 e. The molecule has 1 aliphatic heterocycles. The first-order valence-electron chi connectivity index (χ1n) is 13.1. The number of carbonyl (C=O) groups is 5. The summed E-state index contributed by atoms with van der Waals surface area (Å²) in [5.74, 6) is -3.10. The van der Waals surface area contributed by atoms with Gasteiger partial charge in [0.15, 0.2) is 6.61 Å². The summed E-state index contributed by atoms with van der Waals surface area (Å²) in [6, 6.07) is 17.1. The van der Waals surface area contributed by atoms with Crippen LogP contribution in [0.1, 0.15) is 50.8 Å². The van der Waals surface area contributed by atoms with E-state index in [9.17, 15) is 34.1 Å². The van der Waals surface area contributed by atoms with E-state index in [4.69, 9.17) is 4.74 Å². The Morgan fingerprint density at radius 2 is 1.62 bits per heavy atom. The molecule has 11 heteroatoms. The SMILES string of the molecule is CC1=CC[C@H]2C(=O)N(c3ccc(C(=O)Nc4cccc(C(=O)OCC(=O)c5cccc([N+](=O)[O-])c5)c4)cc3)C(=O)[C@H]2C1. The Kier molecular flexibility index (Phi) is 7.74. The van der Waals surface area contributed by atoms with Gasteiger partial charge in [-0.1, -0.05) is 29.8 Å². The number of allylic oxidation sites excluding steroid dienone is 2. The number of fused-ring (bicyclic) bond motifs is 1. The number of ketones is 1. The van der Waals surface area contributed by atoms with Gasteiger partial charge >= 0.3 is 5.97 Å². The predicted octanol–water partition coefficient (Wildman–Crippen LogP) is 4.73. The van der Waals surface area contributed by atoms with E-state index in [0.29, 0.717) is 24.2 Å². The molecule has 1 aliphatic carbocycles. The highest BCUT2D eigenvalue weighted by molar-refractivity contribution is 6.22. The molecule has 0 unspecified atom stereocenters. The molecule has 1 saturated heterocycles. The molecule has 0 saturated carbocycles. The van der Waals surface area contributed by atoms with Gasteiger partial charge in [-0.25, -0.2) is 4.79 Å². The first-order chi connectivity index (χ1) is 20.1. The Hall–Kier alpha value is -5.45. The zero-order valence-electron chi connectivity index (χ0n) is 22.4. The minimum absolute atomic E-state index is 0.0351. The number of anilines is 2. The minimum atomic E-state index is -0.819. The molecule has 5 rings (SSSR count). The van der Waals surface area contributed by atoms with Crippen LogP contribution in [-0.4, -0.2) is 41.0 Å². The average Bonchev–Trinajstić information content (AvgIpc) is 3.24. The standard InChI is InChI=1S/C31H25N3O8/c1-18-8-13-25-26(14-18)30(38)33(29(25)37)23-11-9-19(10-12-23)28(36)32-22-6-2-5-21(15-22)31(39)42-17-27(35)20-4-3-7-24(16-20)34(40)41/h2-12,15-16,25-26H,13-14,17H2,1H3,(H,32,36)/t25-,26+/m1/s1. The monoisotopic (exact) mass is 567 g/mol. The largest absolute Gasteiger partial charge is 0.454 e. The zero-order valence-corrected chi connectivity index (χ0v) is 22.4. The van der Waals surface area contributed by atoms with Crippen LogP contribution in [-0.2, 0) is 14.3 Å². The third-order valence-corrected chi connectivity index (χ3v) is 7.28. The van der Waals surface area contributed by atoms with Crippen molar-refractivity contribution in [3.05, 3.63) is 111 Å². The van der Waals surface area contributed by atoms with Crippen LogP contribution >= 0.6 is 0 Å². The van der Waals surface area contributed by atoms with Gasteiger partial charge in [0, 0.05) is 28.9 Å². The lowest BCUT2D eigenvalue weighted by molar-refractivity contribution is -0.384. The van der Waals surface area contributed by atoms with E-state index in [2.05, 4.69) is 5.32 Å². The van der Waals surface area contributed by atoms with Crippen LogP contribution in [0.5, 0.6) is 0 Å². The van der Waals surface area contributed by atoms with Crippen LogP contribution in [0, 0.1) is 22.0 Å². The molecular weight excluding hydrogens is 542 g/mol. The Morgan fingerprint density at radius 3 is 2.36 bits per heavy atom. The molecule has 0 aromatic heterocycles. The van der Waals surface area contributed by atoms with Crippen LogP contribution in [0.3, 0.4) is 0 Å². The van der Waals surface area contributed by atoms with E-state index in [1.807, 2.05) is 13.0 Å². The Bertz CT molecular complexity index is 1660. The van der Waals surface area contributed by atoms with Gasteiger partial charge in [0.2, 0.25) is 17.6 Å². The summed E-state index contributed by atoms with van der Waals surface area (Å²) in [6.45, 7) is 1.33. The summed E-state index contributed by atoms with van der Waals surface area (Å²) in [5.41, 5.74) is 1.91. The van der Waals surface area contributed by atoms with Crippen molar-refractivity contribution in [2.75, 3.05) is 16.8 Å². The van der Waals surface area contributed by atoms with Gasteiger partial charge in [-0.2, -0.15) is 0 Å². The van der Waals surface area contributed by atoms with Crippen molar-refractivity contribution in [3.63, 3.8) is 0 Å². The average molecular weight is 568 g/mol. The molecule has 1 heterocycles. The van der Waals surface area contributed by atoms with Crippen LogP contribution in [0.15, 0.2) is 84.4 Å². The van der Waals surface area contributed by atoms with Gasteiger partial charge in [0.1, 0.15) is 0 Å². The van der Waals surface area contributed by atoms with Gasteiger partial charge < -0.3 is 10.1 Å². The van der Waals surface area contributed by atoms with Gasteiger partial charge in [0.25, 0.3) is 11.6 Å². The molecular formula is C31H25N3O8. The number of hydrogen-bond donors (Lipinski definition) is 1.